The Morgan fingerprint density at radius 1 is 1.80 bits per heavy atom. The van der Waals surface area contributed by atoms with E-state index in [1.165, 1.54) is 6.20 Å². The molecule has 1 rings (SSSR count). The van der Waals surface area contributed by atoms with E-state index in [0.717, 1.165) is 0 Å². The fourth-order valence-corrected chi connectivity index (χ4v) is 0.727. The lowest BCUT2D eigenvalue weighted by molar-refractivity contribution is 1.07. The second-order valence-electron chi connectivity index (χ2n) is 1.55. The molecular weight excluding hydrogens is 247 g/mol. The largest absolute Gasteiger partial charge is 0.294 e. The van der Waals surface area contributed by atoms with Crippen LogP contribution in [0.4, 0.5) is 5.95 Å². The molecule has 5 nitrogen and oxygen atoms in total. The zero-order valence-corrected chi connectivity index (χ0v) is 7.05. The van der Waals surface area contributed by atoms with Crippen molar-refractivity contribution < 1.29 is 0 Å². The number of aromatic nitrogens is 2. The van der Waals surface area contributed by atoms with Crippen molar-refractivity contribution >= 4 is 28.5 Å². The van der Waals surface area contributed by atoms with Crippen LogP contribution in [0, 0.1) is 3.57 Å². The van der Waals surface area contributed by atoms with Gasteiger partial charge in [0.2, 0.25) is 5.95 Å². The van der Waals surface area contributed by atoms with E-state index in [2.05, 4.69) is 15.4 Å². The van der Waals surface area contributed by atoms with Crippen LogP contribution in [0.1, 0.15) is 0 Å². The van der Waals surface area contributed by atoms with Gasteiger partial charge >= 0.3 is 0 Å². The van der Waals surface area contributed by atoms with Gasteiger partial charge < -0.3 is 0 Å². The standard InChI is InChI=1S/C4H5IN4O/c5-2-1-7-4(9-6)8-3(2)10/h1H,6H2,(H2,7,8,9,10). The number of hydrazine groups is 1. The van der Waals surface area contributed by atoms with Crippen molar-refractivity contribution in [2.75, 3.05) is 5.43 Å². The van der Waals surface area contributed by atoms with E-state index in [0.29, 0.717) is 3.57 Å². The average Bonchev–Trinajstić information content (AvgIpc) is 1.95. The van der Waals surface area contributed by atoms with E-state index >= 15 is 0 Å². The Kier molecular flexibility index (Phi) is 2.22. The molecular formula is C4H5IN4O. The summed E-state index contributed by atoms with van der Waals surface area (Å²) in [4.78, 5) is 17.0. The van der Waals surface area contributed by atoms with Gasteiger partial charge in [0.1, 0.15) is 0 Å². The van der Waals surface area contributed by atoms with Crippen molar-refractivity contribution in [1.82, 2.24) is 9.97 Å². The first-order valence-electron chi connectivity index (χ1n) is 2.45. The fourth-order valence-electron chi connectivity index (χ4n) is 0.453. The molecule has 0 bridgehead atoms. The topological polar surface area (TPSA) is 83.8 Å². The molecule has 4 N–H and O–H groups in total. The Bertz CT molecular complexity index is 283. The van der Waals surface area contributed by atoms with Crippen LogP contribution in [0.15, 0.2) is 11.0 Å². The summed E-state index contributed by atoms with van der Waals surface area (Å²) in [6, 6.07) is 0. The number of halogens is 1. The van der Waals surface area contributed by atoms with Gasteiger partial charge in [0.05, 0.1) is 3.57 Å². The summed E-state index contributed by atoms with van der Waals surface area (Å²) >= 11 is 1.88. The van der Waals surface area contributed by atoms with E-state index in [1.54, 1.807) is 0 Å². The number of hydrogen-bond donors (Lipinski definition) is 3. The smallest absolute Gasteiger partial charge is 0.265 e. The minimum Gasteiger partial charge on any atom is -0.294 e. The summed E-state index contributed by atoms with van der Waals surface area (Å²) < 4.78 is 0.539. The van der Waals surface area contributed by atoms with E-state index in [1.807, 2.05) is 22.6 Å². The first-order chi connectivity index (χ1) is 4.74. The van der Waals surface area contributed by atoms with Crippen molar-refractivity contribution in [3.8, 4) is 0 Å². The monoisotopic (exact) mass is 252 g/mol. The Labute approximate surface area is 70.2 Å². The number of aromatic amines is 1. The van der Waals surface area contributed by atoms with Crippen molar-refractivity contribution in [3.05, 3.63) is 20.1 Å². The van der Waals surface area contributed by atoms with Crippen LogP contribution in [0.3, 0.4) is 0 Å². The molecule has 0 aromatic carbocycles. The molecule has 0 aliphatic rings. The summed E-state index contributed by atoms with van der Waals surface area (Å²) in [7, 11) is 0. The van der Waals surface area contributed by atoms with Crippen LogP contribution in [-0.2, 0) is 0 Å². The van der Waals surface area contributed by atoms with Gasteiger partial charge in [0.15, 0.2) is 0 Å². The number of hydrogen-bond acceptors (Lipinski definition) is 4. The lowest BCUT2D eigenvalue weighted by Gasteiger charge is -1.95. The van der Waals surface area contributed by atoms with Gasteiger partial charge in [-0.1, -0.05) is 0 Å². The van der Waals surface area contributed by atoms with Crippen LogP contribution < -0.4 is 16.8 Å². The molecule has 0 saturated heterocycles. The van der Waals surface area contributed by atoms with Crippen molar-refractivity contribution in [3.63, 3.8) is 0 Å². The molecule has 0 saturated carbocycles. The zero-order chi connectivity index (χ0) is 7.56. The summed E-state index contributed by atoms with van der Waals surface area (Å²) in [5.41, 5.74) is 2.03. The van der Waals surface area contributed by atoms with Gasteiger partial charge in [0.25, 0.3) is 5.56 Å². The molecule has 0 spiro atoms. The quantitative estimate of drug-likeness (QED) is 0.362. The number of anilines is 1. The number of rotatable bonds is 1. The second-order valence-corrected chi connectivity index (χ2v) is 2.72. The van der Waals surface area contributed by atoms with Crippen molar-refractivity contribution in [2.45, 2.75) is 0 Å². The molecule has 0 radical (unpaired) electrons. The lowest BCUT2D eigenvalue weighted by atomic mass is 10.7. The van der Waals surface area contributed by atoms with Crippen LogP contribution in [-0.4, -0.2) is 9.97 Å². The van der Waals surface area contributed by atoms with E-state index in [9.17, 15) is 4.79 Å². The number of H-pyrrole nitrogens is 1. The SMILES string of the molecule is NNc1ncc(I)c(=O)[nH]1. The highest BCUT2D eigenvalue weighted by molar-refractivity contribution is 14.1. The van der Waals surface area contributed by atoms with Crippen LogP contribution in [0.2, 0.25) is 0 Å². The predicted octanol–water partition coefficient (Wildman–Crippen LogP) is -0.340. The minimum absolute atomic E-state index is 0.191. The van der Waals surface area contributed by atoms with Crippen molar-refractivity contribution in [2.24, 2.45) is 5.84 Å². The summed E-state index contributed by atoms with van der Waals surface area (Å²) in [5, 5.41) is 0. The molecule has 1 heterocycles. The molecule has 0 aliphatic heterocycles. The highest BCUT2D eigenvalue weighted by Crippen LogP contribution is 1.94. The van der Waals surface area contributed by atoms with Gasteiger partial charge in [-0.2, -0.15) is 0 Å². The van der Waals surface area contributed by atoms with Gasteiger partial charge in [-0.05, 0) is 22.6 Å². The number of nitrogens with two attached hydrogens (primary N) is 1. The molecule has 1 aromatic heterocycles. The van der Waals surface area contributed by atoms with Crippen LogP contribution in [0.25, 0.3) is 0 Å². The molecule has 6 heteroatoms. The maximum atomic E-state index is 10.8. The Hall–Kier alpha value is -0.630. The normalized spacial score (nSPS) is 9.40. The van der Waals surface area contributed by atoms with E-state index in [-0.39, 0.29) is 11.5 Å². The third-order valence-electron chi connectivity index (χ3n) is 0.893. The summed E-state index contributed by atoms with van der Waals surface area (Å²) in [6.07, 6.45) is 1.44. The third-order valence-corrected chi connectivity index (χ3v) is 1.66. The average molecular weight is 252 g/mol. The summed E-state index contributed by atoms with van der Waals surface area (Å²) in [5.74, 6) is 5.25. The van der Waals surface area contributed by atoms with Gasteiger partial charge in [-0.15, -0.1) is 0 Å². The highest BCUT2D eigenvalue weighted by Gasteiger charge is 1.94. The minimum atomic E-state index is -0.191. The van der Waals surface area contributed by atoms with Gasteiger partial charge in [0, 0.05) is 6.20 Å². The molecule has 1 aromatic rings. The van der Waals surface area contributed by atoms with Crippen LogP contribution in [0.5, 0.6) is 0 Å². The Balaban J connectivity index is 3.17. The molecule has 0 unspecified atom stereocenters. The Morgan fingerprint density at radius 3 is 3.00 bits per heavy atom. The molecule has 0 fully saturated rings. The van der Waals surface area contributed by atoms with Crippen molar-refractivity contribution in [1.29, 1.82) is 0 Å². The molecule has 54 valence electrons. The lowest BCUT2D eigenvalue weighted by Crippen LogP contribution is -2.17. The third kappa shape index (κ3) is 1.45. The van der Waals surface area contributed by atoms with E-state index in [4.69, 9.17) is 5.84 Å². The summed E-state index contributed by atoms with van der Waals surface area (Å²) in [6.45, 7) is 0. The molecule has 0 atom stereocenters. The highest BCUT2D eigenvalue weighted by atomic mass is 127. The Morgan fingerprint density at radius 2 is 2.50 bits per heavy atom. The predicted molar refractivity (Wildman–Crippen MR) is 45.4 cm³/mol. The first kappa shape index (κ1) is 7.48. The van der Waals surface area contributed by atoms with Gasteiger partial charge in [-0.25, -0.2) is 10.8 Å². The zero-order valence-electron chi connectivity index (χ0n) is 4.89. The molecule has 0 amide bonds. The first-order valence-corrected chi connectivity index (χ1v) is 3.53. The van der Waals surface area contributed by atoms with Gasteiger partial charge in [-0.3, -0.25) is 15.2 Å². The molecule has 0 aliphatic carbocycles. The number of nitrogens with one attached hydrogen (secondary N) is 2. The maximum Gasteiger partial charge on any atom is 0.265 e. The maximum absolute atomic E-state index is 10.8. The fraction of sp³-hybridized carbons (Fsp3) is 0. The van der Waals surface area contributed by atoms with E-state index < -0.39 is 0 Å². The second kappa shape index (κ2) is 2.97. The number of nitrogens with zero attached hydrogens (tertiary/aromatic N) is 1. The molecule has 10 heavy (non-hydrogen) atoms. The number of nitrogen functional groups attached to an aromatic ring is 1. The van der Waals surface area contributed by atoms with Crippen LogP contribution >= 0.6 is 22.6 Å².